The highest BCUT2D eigenvalue weighted by Crippen LogP contribution is 2.15. The summed E-state index contributed by atoms with van der Waals surface area (Å²) >= 11 is 5.55. The number of ether oxygens (including phenoxy) is 2. The van der Waals surface area contributed by atoms with E-state index < -0.39 is 6.16 Å². The molecule has 1 aromatic carbocycles. The number of halogens is 1. The van der Waals surface area contributed by atoms with Gasteiger partial charge in [0, 0.05) is 24.7 Å². The summed E-state index contributed by atoms with van der Waals surface area (Å²) in [6.45, 7) is 3.09. The highest BCUT2D eigenvalue weighted by Gasteiger charge is 2.23. The molecule has 7 nitrogen and oxygen atoms in total. The Hall–Kier alpha value is -2.28. The van der Waals surface area contributed by atoms with Crippen molar-refractivity contribution in [2.45, 2.75) is 25.8 Å². The van der Waals surface area contributed by atoms with Gasteiger partial charge < -0.3 is 19.7 Å². The van der Waals surface area contributed by atoms with Gasteiger partial charge in [-0.3, -0.25) is 9.59 Å². The van der Waals surface area contributed by atoms with Gasteiger partial charge in [0.05, 0.1) is 6.61 Å². The topological polar surface area (TPSA) is 84.9 Å². The number of likely N-dealkylation sites (tertiary alicyclic amines) is 1. The van der Waals surface area contributed by atoms with E-state index in [1.54, 1.807) is 24.0 Å². The van der Waals surface area contributed by atoms with E-state index in [4.69, 9.17) is 16.3 Å². The van der Waals surface area contributed by atoms with Gasteiger partial charge in [-0.25, -0.2) is 4.79 Å². The van der Waals surface area contributed by atoms with Crippen LogP contribution in [0.3, 0.4) is 0 Å². The summed E-state index contributed by atoms with van der Waals surface area (Å²) < 4.78 is 9.62. The molecule has 1 aliphatic rings. The fraction of sp³-hybridized carbons (Fsp3) is 0.471. The van der Waals surface area contributed by atoms with Gasteiger partial charge in [0.2, 0.25) is 5.91 Å². The van der Waals surface area contributed by atoms with Crippen LogP contribution >= 0.6 is 11.6 Å². The fourth-order valence-corrected chi connectivity index (χ4v) is 2.71. The molecular weight excluding hydrogens is 348 g/mol. The average molecular weight is 369 g/mol. The van der Waals surface area contributed by atoms with E-state index in [1.807, 2.05) is 0 Å². The Morgan fingerprint density at radius 3 is 2.40 bits per heavy atom. The maximum absolute atomic E-state index is 12.3. The summed E-state index contributed by atoms with van der Waals surface area (Å²) in [5, 5.41) is 2.95. The number of nitrogens with one attached hydrogen (secondary N) is 1. The van der Waals surface area contributed by atoms with Gasteiger partial charge in [0.15, 0.2) is 0 Å². The number of carbonyl (C=O) groups is 3. The van der Waals surface area contributed by atoms with E-state index in [9.17, 15) is 14.4 Å². The quantitative estimate of drug-likeness (QED) is 0.489. The van der Waals surface area contributed by atoms with E-state index in [1.165, 1.54) is 12.1 Å². The number of nitrogens with zero attached hydrogens (tertiary/aromatic N) is 1. The Kier molecular flexibility index (Phi) is 7.06. The van der Waals surface area contributed by atoms with Gasteiger partial charge in [-0.15, -0.1) is 11.6 Å². The molecule has 1 aromatic rings. The molecule has 1 fully saturated rings. The lowest BCUT2D eigenvalue weighted by atomic mass is 10.0. The van der Waals surface area contributed by atoms with Crippen molar-refractivity contribution < 1.29 is 23.9 Å². The minimum Gasteiger partial charge on any atom is -0.434 e. The number of rotatable bonds is 5. The highest BCUT2D eigenvalue weighted by atomic mass is 35.5. The van der Waals surface area contributed by atoms with Crippen LogP contribution in [-0.2, 0) is 9.53 Å². The molecule has 0 aliphatic carbocycles. The first kappa shape index (κ1) is 19.1. The lowest BCUT2D eigenvalue weighted by molar-refractivity contribution is -0.129. The SMILES string of the molecule is CCOC(=O)Oc1ccc(C(=O)NC2CCN(C(=O)CCl)CC2)cc1. The van der Waals surface area contributed by atoms with Crippen LogP contribution in [-0.4, -0.2) is 54.5 Å². The van der Waals surface area contributed by atoms with Gasteiger partial charge in [-0.2, -0.15) is 0 Å². The summed E-state index contributed by atoms with van der Waals surface area (Å²) in [5.41, 5.74) is 0.468. The zero-order chi connectivity index (χ0) is 18.2. The second-order valence-electron chi connectivity index (χ2n) is 5.57. The van der Waals surface area contributed by atoms with Gasteiger partial charge in [-0.1, -0.05) is 0 Å². The first-order valence-corrected chi connectivity index (χ1v) is 8.66. The Balaban J connectivity index is 1.83. The highest BCUT2D eigenvalue weighted by molar-refractivity contribution is 6.27. The van der Waals surface area contributed by atoms with Gasteiger partial charge in [-0.05, 0) is 44.0 Å². The van der Waals surface area contributed by atoms with E-state index in [0.717, 1.165) is 0 Å². The third-order valence-electron chi connectivity index (χ3n) is 3.88. The molecule has 1 heterocycles. The van der Waals surface area contributed by atoms with Crippen LogP contribution in [0.1, 0.15) is 30.1 Å². The molecule has 1 aliphatic heterocycles. The van der Waals surface area contributed by atoms with Gasteiger partial charge >= 0.3 is 6.16 Å². The third kappa shape index (κ3) is 5.63. The van der Waals surface area contributed by atoms with Crippen molar-refractivity contribution >= 4 is 29.6 Å². The lowest BCUT2D eigenvalue weighted by Gasteiger charge is -2.32. The second kappa shape index (κ2) is 9.27. The molecule has 2 rings (SSSR count). The monoisotopic (exact) mass is 368 g/mol. The van der Waals surface area contributed by atoms with Crippen LogP contribution in [0, 0.1) is 0 Å². The first-order valence-electron chi connectivity index (χ1n) is 8.12. The van der Waals surface area contributed by atoms with Crippen molar-refractivity contribution in [1.29, 1.82) is 0 Å². The third-order valence-corrected chi connectivity index (χ3v) is 4.11. The van der Waals surface area contributed by atoms with E-state index in [2.05, 4.69) is 10.1 Å². The van der Waals surface area contributed by atoms with Crippen LogP contribution in [0.25, 0.3) is 0 Å². The normalized spacial score (nSPS) is 14.7. The minimum absolute atomic E-state index is 0.0161. The Labute approximate surface area is 151 Å². The van der Waals surface area contributed by atoms with E-state index in [-0.39, 0.29) is 30.3 Å². The smallest absolute Gasteiger partial charge is 0.434 e. The minimum atomic E-state index is -0.780. The van der Waals surface area contributed by atoms with Crippen LogP contribution in [0.4, 0.5) is 4.79 Å². The zero-order valence-electron chi connectivity index (χ0n) is 14.0. The lowest BCUT2D eigenvalue weighted by Crippen LogP contribution is -2.46. The second-order valence-corrected chi connectivity index (χ2v) is 5.84. The molecule has 0 unspecified atom stereocenters. The molecule has 0 spiro atoms. The Bertz CT molecular complexity index is 612. The van der Waals surface area contributed by atoms with Gasteiger partial charge in [0.1, 0.15) is 11.6 Å². The predicted molar refractivity (Wildman–Crippen MR) is 91.9 cm³/mol. The zero-order valence-corrected chi connectivity index (χ0v) is 14.8. The largest absolute Gasteiger partial charge is 0.513 e. The summed E-state index contributed by atoms with van der Waals surface area (Å²) in [4.78, 5) is 36.7. The maximum atomic E-state index is 12.3. The molecule has 0 atom stereocenters. The molecule has 136 valence electrons. The molecule has 8 heteroatoms. The van der Waals surface area contributed by atoms with Crippen LogP contribution < -0.4 is 10.1 Å². The van der Waals surface area contributed by atoms with Crippen LogP contribution in [0.2, 0.25) is 0 Å². The average Bonchev–Trinajstić information content (AvgIpc) is 2.62. The molecule has 1 saturated heterocycles. The van der Waals surface area contributed by atoms with Crippen LogP contribution in [0.5, 0.6) is 5.75 Å². The van der Waals surface area contributed by atoms with E-state index in [0.29, 0.717) is 37.2 Å². The number of benzene rings is 1. The molecule has 0 aromatic heterocycles. The summed E-state index contributed by atoms with van der Waals surface area (Å²) in [5.74, 6) is 0.00776. The van der Waals surface area contributed by atoms with E-state index >= 15 is 0 Å². The Morgan fingerprint density at radius 1 is 1.20 bits per heavy atom. The number of hydrogen-bond acceptors (Lipinski definition) is 5. The van der Waals surface area contributed by atoms with Crippen LogP contribution in [0.15, 0.2) is 24.3 Å². The van der Waals surface area contributed by atoms with Crippen molar-refractivity contribution in [3.63, 3.8) is 0 Å². The maximum Gasteiger partial charge on any atom is 0.513 e. The number of amides is 2. The number of hydrogen-bond donors (Lipinski definition) is 1. The van der Waals surface area contributed by atoms with Crippen molar-refractivity contribution in [3.8, 4) is 5.75 Å². The molecule has 25 heavy (non-hydrogen) atoms. The van der Waals surface area contributed by atoms with Crippen molar-refractivity contribution in [2.75, 3.05) is 25.6 Å². The molecule has 2 amide bonds. The summed E-state index contributed by atoms with van der Waals surface area (Å²) in [6.07, 6.45) is 0.606. The van der Waals surface area contributed by atoms with Gasteiger partial charge in [0.25, 0.3) is 5.91 Å². The molecular formula is C17H21ClN2O5. The standard InChI is InChI=1S/C17H21ClN2O5/c1-2-24-17(23)25-14-5-3-12(4-6-14)16(22)19-13-7-9-20(10-8-13)15(21)11-18/h3-6,13H,2,7-11H2,1H3,(H,19,22). The number of carbonyl (C=O) groups excluding carboxylic acids is 3. The van der Waals surface area contributed by atoms with Crippen molar-refractivity contribution in [3.05, 3.63) is 29.8 Å². The Morgan fingerprint density at radius 2 is 1.84 bits per heavy atom. The number of alkyl halides is 1. The molecule has 1 N–H and O–H groups in total. The molecule has 0 radical (unpaired) electrons. The van der Waals surface area contributed by atoms with Crippen molar-refractivity contribution in [2.24, 2.45) is 0 Å². The summed E-state index contributed by atoms with van der Waals surface area (Å²) in [7, 11) is 0. The first-order chi connectivity index (χ1) is 12.0. The molecule has 0 bridgehead atoms. The van der Waals surface area contributed by atoms with Crippen molar-refractivity contribution in [1.82, 2.24) is 10.2 Å². The number of piperidine rings is 1. The predicted octanol–water partition coefficient (Wildman–Crippen LogP) is 2.18. The fourth-order valence-electron chi connectivity index (χ4n) is 2.54. The summed E-state index contributed by atoms with van der Waals surface area (Å²) in [6, 6.07) is 6.25. The molecule has 0 saturated carbocycles.